The van der Waals surface area contributed by atoms with Gasteiger partial charge in [0, 0.05) is 18.0 Å². The van der Waals surface area contributed by atoms with E-state index in [1.807, 2.05) is 19.1 Å². The molecule has 0 bridgehead atoms. The van der Waals surface area contributed by atoms with Gasteiger partial charge in [-0.25, -0.2) is 0 Å². The third kappa shape index (κ3) is 4.92. The molecule has 0 spiro atoms. The molecule has 1 N–H and O–H groups in total. The van der Waals surface area contributed by atoms with E-state index in [2.05, 4.69) is 35.5 Å². The smallest absolute Gasteiger partial charge is 0.161 e. The summed E-state index contributed by atoms with van der Waals surface area (Å²) >= 11 is 1.76. The highest BCUT2D eigenvalue weighted by Crippen LogP contribution is 2.28. The van der Waals surface area contributed by atoms with Crippen LogP contribution in [0.3, 0.4) is 0 Å². The molecule has 112 valence electrons. The molecule has 4 heteroatoms. The first-order valence-corrected chi connectivity index (χ1v) is 7.74. The van der Waals surface area contributed by atoms with Gasteiger partial charge in [-0.05, 0) is 41.6 Å². The molecule has 0 fully saturated rings. The van der Waals surface area contributed by atoms with Gasteiger partial charge in [-0.2, -0.15) is 0 Å². The first-order valence-electron chi connectivity index (χ1n) is 6.86. The van der Waals surface area contributed by atoms with Gasteiger partial charge in [0.1, 0.15) is 6.61 Å². The predicted molar refractivity (Wildman–Crippen MR) is 88.2 cm³/mol. The van der Waals surface area contributed by atoms with E-state index in [0.29, 0.717) is 6.61 Å². The molecular formula is C17H21NO2S. The van der Waals surface area contributed by atoms with Gasteiger partial charge in [0.25, 0.3) is 0 Å². The molecule has 2 aromatic rings. The molecule has 0 aliphatic carbocycles. The molecule has 1 aromatic carbocycles. The minimum Gasteiger partial charge on any atom is -0.493 e. The topological polar surface area (TPSA) is 30.5 Å². The summed E-state index contributed by atoms with van der Waals surface area (Å²) < 4.78 is 11.1. The Morgan fingerprint density at radius 3 is 2.76 bits per heavy atom. The van der Waals surface area contributed by atoms with E-state index in [4.69, 9.17) is 9.47 Å². The Labute approximate surface area is 130 Å². The first-order chi connectivity index (χ1) is 10.2. The van der Waals surface area contributed by atoms with Crippen molar-refractivity contribution in [1.82, 2.24) is 5.32 Å². The lowest BCUT2D eigenvalue weighted by Gasteiger charge is -2.12. The van der Waals surface area contributed by atoms with Gasteiger partial charge >= 0.3 is 0 Å². The van der Waals surface area contributed by atoms with Crippen molar-refractivity contribution in [1.29, 1.82) is 0 Å². The molecule has 0 radical (unpaired) electrons. The zero-order valence-electron chi connectivity index (χ0n) is 12.5. The van der Waals surface area contributed by atoms with Crippen molar-refractivity contribution >= 4 is 11.3 Å². The van der Waals surface area contributed by atoms with Gasteiger partial charge in [0.15, 0.2) is 11.5 Å². The van der Waals surface area contributed by atoms with Gasteiger partial charge in [0.05, 0.1) is 7.11 Å². The van der Waals surface area contributed by atoms with Crippen molar-refractivity contribution < 1.29 is 9.47 Å². The van der Waals surface area contributed by atoms with Gasteiger partial charge in [-0.3, -0.25) is 0 Å². The highest BCUT2D eigenvalue weighted by atomic mass is 32.1. The van der Waals surface area contributed by atoms with Crippen molar-refractivity contribution in [2.24, 2.45) is 0 Å². The second kappa shape index (κ2) is 7.86. The zero-order valence-corrected chi connectivity index (χ0v) is 13.3. The Morgan fingerprint density at radius 2 is 2.10 bits per heavy atom. The van der Waals surface area contributed by atoms with Gasteiger partial charge in [-0.1, -0.05) is 18.7 Å². The number of hydrogen-bond donors (Lipinski definition) is 1. The average Bonchev–Trinajstić information content (AvgIpc) is 2.98. The molecule has 1 aromatic heterocycles. The standard InChI is InChI=1S/C17H21NO2S/c1-13(2)12-20-16-7-6-14(9-17(16)19-3)10-18-11-15-5-4-8-21-15/h4-9,18H,1,10-12H2,2-3H3. The van der Waals surface area contributed by atoms with E-state index in [9.17, 15) is 0 Å². The minimum atomic E-state index is 0.506. The van der Waals surface area contributed by atoms with E-state index >= 15 is 0 Å². The fraction of sp³-hybridized carbons (Fsp3) is 0.294. The highest BCUT2D eigenvalue weighted by Gasteiger charge is 2.06. The summed E-state index contributed by atoms with van der Waals surface area (Å²) in [6.45, 7) is 7.96. The van der Waals surface area contributed by atoms with E-state index in [1.165, 1.54) is 10.4 Å². The second-order valence-corrected chi connectivity index (χ2v) is 5.95. The van der Waals surface area contributed by atoms with Crippen molar-refractivity contribution in [3.8, 4) is 11.5 Å². The molecule has 1 heterocycles. The normalized spacial score (nSPS) is 10.4. The summed E-state index contributed by atoms with van der Waals surface area (Å²) in [7, 11) is 1.66. The Kier molecular flexibility index (Phi) is 5.84. The van der Waals surface area contributed by atoms with Crippen molar-refractivity contribution in [2.45, 2.75) is 20.0 Å². The van der Waals surface area contributed by atoms with Crippen LogP contribution in [0.2, 0.25) is 0 Å². The molecule has 0 saturated carbocycles. The maximum atomic E-state index is 5.66. The molecule has 0 amide bonds. The van der Waals surface area contributed by atoms with Crippen LogP contribution in [0.15, 0.2) is 47.9 Å². The lowest BCUT2D eigenvalue weighted by Crippen LogP contribution is -2.12. The van der Waals surface area contributed by atoms with Crippen LogP contribution < -0.4 is 14.8 Å². The SMILES string of the molecule is C=C(C)COc1ccc(CNCc2cccs2)cc1OC. The average molecular weight is 303 g/mol. The van der Waals surface area contributed by atoms with Gasteiger partial charge < -0.3 is 14.8 Å². The number of benzene rings is 1. The van der Waals surface area contributed by atoms with Crippen LogP contribution in [-0.4, -0.2) is 13.7 Å². The van der Waals surface area contributed by atoms with Crippen molar-refractivity contribution in [2.75, 3.05) is 13.7 Å². The molecular weight excluding hydrogens is 282 g/mol. The van der Waals surface area contributed by atoms with E-state index in [-0.39, 0.29) is 0 Å². The molecule has 2 rings (SSSR count). The second-order valence-electron chi connectivity index (χ2n) is 4.91. The van der Waals surface area contributed by atoms with E-state index < -0.39 is 0 Å². The minimum absolute atomic E-state index is 0.506. The van der Waals surface area contributed by atoms with E-state index in [1.54, 1.807) is 18.4 Å². The first kappa shape index (κ1) is 15.6. The van der Waals surface area contributed by atoms with Gasteiger partial charge in [-0.15, -0.1) is 11.3 Å². The predicted octanol–water partition coefficient (Wildman–Crippen LogP) is 4.00. The van der Waals surface area contributed by atoms with Crippen LogP contribution in [0, 0.1) is 0 Å². The number of nitrogens with one attached hydrogen (secondary N) is 1. The number of ether oxygens (including phenoxy) is 2. The molecule has 0 atom stereocenters. The lowest BCUT2D eigenvalue weighted by molar-refractivity contribution is 0.319. The zero-order chi connectivity index (χ0) is 15.1. The molecule has 3 nitrogen and oxygen atoms in total. The van der Waals surface area contributed by atoms with Crippen molar-refractivity contribution in [3.05, 3.63) is 58.3 Å². The van der Waals surface area contributed by atoms with Gasteiger partial charge in [0.2, 0.25) is 0 Å². The van der Waals surface area contributed by atoms with Crippen LogP contribution in [-0.2, 0) is 13.1 Å². The van der Waals surface area contributed by atoms with Crippen molar-refractivity contribution in [3.63, 3.8) is 0 Å². The summed E-state index contributed by atoms with van der Waals surface area (Å²) in [5.74, 6) is 1.51. The van der Waals surface area contributed by atoms with Crippen LogP contribution >= 0.6 is 11.3 Å². The summed E-state index contributed by atoms with van der Waals surface area (Å²) in [4.78, 5) is 1.34. The van der Waals surface area contributed by atoms with Crippen LogP contribution in [0.5, 0.6) is 11.5 Å². The lowest BCUT2D eigenvalue weighted by atomic mass is 10.2. The molecule has 0 aliphatic rings. The molecule has 21 heavy (non-hydrogen) atoms. The quantitative estimate of drug-likeness (QED) is 0.748. The maximum absolute atomic E-state index is 5.66. The number of rotatable bonds is 8. The van der Waals surface area contributed by atoms with Crippen LogP contribution in [0.25, 0.3) is 0 Å². The Hall–Kier alpha value is -1.78. The maximum Gasteiger partial charge on any atom is 0.161 e. The third-order valence-corrected chi connectivity index (χ3v) is 3.79. The largest absolute Gasteiger partial charge is 0.493 e. The number of hydrogen-bond acceptors (Lipinski definition) is 4. The Bertz CT molecular complexity index is 578. The van der Waals surface area contributed by atoms with Crippen LogP contribution in [0.1, 0.15) is 17.4 Å². The number of methoxy groups -OCH3 is 1. The Balaban J connectivity index is 1.92. The summed E-state index contributed by atoms with van der Waals surface area (Å²) in [6, 6.07) is 10.2. The van der Waals surface area contributed by atoms with Crippen LogP contribution in [0.4, 0.5) is 0 Å². The number of thiophene rings is 1. The summed E-state index contributed by atoms with van der Waals surface area (Å²) in [6.07, 6.45) is 0. The highest BCUT2D eigenvalue weighted by molar-refractivity contribution is 7.09. The fourth-order valence-corrected chi connectivity index (χ4v) is 2.56. The Morgan fingerprint density at radius 1 is 1.24 bits per heavy atom. The monoisotopic (exact) mass is 303 g/mol. The molecule has 0 unspecified atom stereocenters. The third-order valence-electron chi connectivity index (χ3n) is 2.91. The summed E-state index contributed by atoms with van der Waals surface area (Å²) in [5.41, 5.74) is 2.16. The van der Waals surface area contributed by atoms with E-state index in [0.717, 1.165) is 30.2 Å². The molecule has 0 saturated heterocycles. The summed E-state index contributed by atoms with van der Waals surface area (Å²) in [5, 5.41) is 5.52. The fourth-order valence-electron chi connectivity index (χ4n) is 1.89. The molecule has 0 aliphatic heterocycles.